The molecular weight excluding hydrogens is 418 g/mol. The maximum Gasteiger partial charge on any atom is 2.00 e. The number of aryl methyl sites for hydroxylation is 1. The van der Waals surface area contributed by atoms with Gasteiger partial charge >= 0.3 is 17.1 Å². The van der Waals surface area contributed by atoms with Crippen LogP contribution in [0.1, 0.15) is 11.1 Å². The number of rotatable bonds is 4. The molecule has 0 spiro atoms. The molecule has 2 saturated carbocycles. The molecule has 2 aromatic carbocycles. The monoisotopic (exact) mass is 443 g/mol. The van der Waals surface area contributed by atoms with Crippen molar-refractivity contribution in [2.24, 2.45) is 0 Å². The van der Waals surface area contributed by atoms with Crippen molar-refractivity contribution in [3.8, 4) is 0 Å². The smallest absolute Gasteiger partial charge is 0.378 e. The van der Waals surface area contributed by atoms with Crippen LogP contribution in [0.5, 0.6) is 0 Å². The molecular formula is C25H25FeNOS+2. The Balaban J connectivity index is 0.000000437. The number of benzene rings is 2. The van der Waals surface area contributed by atoms with Crippen molar-refractivity contribution in [3.63, 3.8) is 0 Å². The second-order valence-corrected chi connectivity index (χ2v) is 8.24. The van der Waals surface area contributed by atoms with Crippen LogP contribution >= 0.6 is 0 Å². The van der Waals surface area contributed by atoms with Crippen LogP contribution in [0.15, 0.2) is 53.4 Å². The Morgan fingerprint density at radius 1 is 0.724 bits per heavy atom. The van der Waals surface area contributed by atoms with Crippen molar-refractivity contribution in [1.82, 2.24) is 0 Å². The van der Waals surface area contributed by atoms with Crippen molar-refractivity contribution >= 4 is 16.5 Å². The fourth-order valence-corrected chi connectivity index (χ4v) is 4.08. The van der Waals surface area contributed by atoms with Crippen LogP contribution in [0.3, 0.4) is 0 Å². The summed E-state index contributed by atoms with van der Waals surface area (Å²) in [5.74, 6) is 1.04. The summed E-state index contributed by atoms with van der Waals surface area (Å²) in [6.45, 7) is 2.03. The van der Waals surface area contributed by atoms with Crippen LogP contribution < -0.4 is 4.90 Å². The van der Waals surface area contributed by atoms with Crippen LogP contribution in [-0.2, 0) is 27.9 Å². The molecule has 2 nitrogen and oxygen atoms in total. The second kappa shape index (κ2) is 11.9. The summed E-state index contributed by atoms with van der Waals surface area (Å²) in [7, 11) is 2.89. The summed E-state index contributed by atoms with van der Waals surface area (Å²) >= 11 is 0. The summed E-state index contributed by atoms with van der Waals surface area (Å²) in [6, 6.07) is 16.2. The Bertz CT molecular complexity index is 746. The molecule has 148 valence electrons. The van der Waals surface area contributed by atoms with Gasteiger partial charge < -0.3 is 4.90 Å². The van der Waals surface area contributed by atoms with E-state index in [9.17, 15) is 4.21 Å². The summed E-state index contributed by atoms with van der Waals surface area (Å²) in [5.41, 5.74) is 3.42. The van der Waals surface area contributed by atoms with Gasteiger partial charge in [-0.05, 0) is 88.1 Å². The van der Waals surface area contributed by atoms with E-state index in [0.29, 0.717) is 0 Å². The van der Waals surface area contributed by atoms with E-state index in [-0.39, 0.29) is 17.1 Å². The molecule has 2 aromatic rings. The van der Waals surface area contributed by atoms with Crippen LogP contribution in [0.25, 0.3) is 0 Å². The van der Waals surface area contributed by atoms with Crippen molar-refractivity contribution < 1.29 is 21.3 Å². The van der Waals surface area contributed by atoms with Crippen molar-refractivity contribution in [2.45, 2.75) is 11.8 Å². The van der Waals surface area contributed by atoms with Gasteiger partial charge in [-0.2, -0.15) is 0 Å². The molecule has 0 heterocycles. The minimum Gasteiger partial charge on any atom is -0.378 e. The maximum atomic E-state index is 12.9. The molecule has 0 N–H and O–H groups in total. The molecule has 0 amide bonds. The minimum absolute atomic E-state index is 0. The Hall–Kier alpha value is -1.09. The molecule has 2 aliphatic carbocycles. The third-order valence-corrected chi connectivity index (χ3v) is 5.92. The number of hydrogen-bond donors (Lipinski definition) is 0. The normalized spacial score (nSPS) is 17.9. The molecule has 0 unspecified atom stereocenters. The first kappa shape index (κ1) is 24.2. The van der Waals surface area contributed by atoms with E-state index in [0.717, 1.165) is 27.3 Å². The van der Waals surface area contributed by atoms with Gasteiger partial charge in [0.2, 0.25) is 0 Å². The first-order valence-electron chi connectivity index (χ1n) is 9.25. The number of nitrogens with zero attached hydrogens (tertiary/aromatic N) is 1. The molecule has 2 aliphatic rings. The summed E-state index contributed by atoms with van der Waals surface area (Å²) in [4.78, 5) is 2.91. The largest absolute Gasteiger partial charge is 2.00 e. The van der Waals surface area contributed by atoms with Crippen LogP contribution in [0, 0.1) is 69.5 Å². The summed E-state index contributed by atoms with van der Waals surface area (Å²) < 4.78 is 12.9. The molecule has 10 radical (unpaired) electrons. The van der Waals surface area contributed by atoms with Gasteiger partial charge in [0.15, 0.2) is 0 Å². The van der Waals surface area contributed by atoms with E-state index in [4.69, 9.17) is 0 Å². The van der Waals surface area contributed by atoms with Crippen LogP contribution in [-0.4, -0.2) is 18.3 Å². The Morgan fingerprint density at radius 2 is 1.28 bits per heavy atom. The zero-order valence-electron chi connectivity index (χ0n) is 16.9. The van der Waals surface area contributed by atoms with Gasteiger partial charge in [-0.15, -0.1) is 0 Å². The van der Waals surface area contributed by atoms with E-state index < -0.39 is 10.8 Å². The average molecular weight is 443 g/mol. The molecule has 1 atom stereocenters. The Labute approximate surface area is 190 Å². The topological polar surface area (TPSA) is 20.3 Å². The number of anilines is 1. The average Bonchev–Trinajstić information content (AvgIpc) is 3.43. The molecule has 0 aliphatic heterocycles. The predicted octanol–water partition coefficient (Wildman–Crippen LogP) is 4.97. The molecule has 4 rings (SSSR count). The fourth-order valence-electron chi connectivity index (χ4n) is 2.85. The first-order chi connectivity index (χ1) is 13.6. The van der Waals surface area contributed by atoms with Gasteiger partial charge in [-0.1, -0.05) is 29.8 Å². The van der Waals surface area contributed by atoms with E-state index in [1.54, 1.807) is 0 Å². The van der Waals surface area contributed by atoms with Gasteiger partial charge in [0, 0.05) is 30.6 Å². The second-order valence-electron chi connectivity index (χ2n) is 6.79. The van der Waals surface area contributed by atoms with Gasteiger partial charge in [-0.25, -0.2) is 0 Å². The SMILES string of the molecule is Cc1ccc([S@](=O)[C]2[CH][CH][CH][C]2c2ccc(N(C)C)cc2)cc1.[CH]1[CH][CH][CH][CH]1.[Fe+2]. The molecule has 0 saturated heterocycles. The summed E-state index contributed by atoms with van der Waals surface area (Å²) in [6.07, 6.45) is 16.0. The molecule has 4 heteroatoms. The van der Waals surface area contributed by atoms with Crippen LogP contribution in [0.4, 0.5) is 5.69 Å². The fraction of sp³-hybridized carbons (Fsp3) is 0.120. The van der Waals surface area contributed by atoms with E-state index >= 15 is 0 Å². The Kier molecular flexibility index (Phi) is 9.95. The van der Waals surface area contributed by atoms with Gasteiger partial charge in [-0.3, -0.25) is 4.21 Å². The Morgan fingerprint density at radius 3 is 1.79 bits per heavy atom. The van der Waals surface area contributed by atoms with E-state index in [1.165, 1.54) is 5.56 Å². The first-order valence-corrected chi connectivity index (χ1v) is 10.4. The standard InChI is InChI=1S/C20H20NOS.C5H5.Fe/c1-15-7-13-18(14-8-15)23(22)20-6-4-5-19(20)16-9-11-17(12-10-16)21(2)3;1-2-4-5-3-1;/h4-14H,1-3H3;1-5H;/q;;+2/t23-;;/m0../s1. The summed E-state index contributed by atoms with van der Waals surface area (Å²) in [5, 5.41) is 0.867. The van der Waals surface area contributed by atoms with E-state index in [2.05, 4.69) is 29.2 Å². The van der Waals surface area contributed by atoms with Crippen molar-refractivity contribution in [2.75, 3.05) is 19.0 Å². The van der Waals surface area contributed by atoms with Gasteiger partial charge in [0.25, 0.3) is 0 Å². The number of hydrogen-bond acceptors (Lipinski definition) is 2. The van der Waals surface area contributed by atoms with E-state index in [1.807, 2.05) is 96.7 Å². The zero-order chi connectivity index (χ0) is 19.9. The molecule has 0 aromatic heterocycles. The maximum absolute atomic E-state index is 12.9. The quantitative estimate of drug-likeness (QED) is 0.622. The predicted molar refractivity (Wildman–Crippen MR) is 118 cm³/mol. The van der Waals surface area contributed by atoms with Crippen molar-refractivity contribution in [3.05, 3.63) is 122 Å². The zero-order valence-corrected chi connectivity index (χ0v) is 18.8. The third-order valence-electron chi connectivity index (χ3n) is 4.46. The molecule has 0 bridgehead atoms. The van der Waals surface area contributed by atoms with Crippen LogP contribution in [0.2, 0.25) is 0 Å². The van der Waals surface area contributed by atoms with Crippen molar-refractivity contribution in [1.29, 1.82) is 0 Å². The van der Waals surface area contributed by atoms with Gasteiger partial charge in [0.1, 0.15) is 0 Å². The molecule has 29 heavy (non-hydrogen) atoms. The minimum atomic E-state index is -1.16. The molecule has 2 fully saturated rings. The third kappa shape index (κ3) is 6.70. The van der Waals surface area contributed by atoms with Gasteiger partial charge in [0.05, 0.1) is 16.0 Å².